The van der Waals surface area contributed by atoms with E-state index in [1.807, 2.05) is 14.1 Å². The number of aromatic carboxylic acids is 1. The molecule has 0 aliphatic rings. The third-order valence-electron chi connectivity index (χ3n) is 4.34. The van der Waals surface area contributed by atoms with Gasteiger partial charge in [0, 0.05) is 23.9 Å². The van der Waals surface area contributed by atoms with Crippen molar-refractivity contribution in [3.63, 3.8) is 0 Å². The molecule has 0 radical (unpaired) electrons. The lowest BCUT2D eigenvalue weighted by Gasteiger charge is -2.14. The molecular weight excluding hydrogens is 425 g/mol. The average Bonchev–Trinajstić information content (AvgIpc) is 2.72. The molecule has 0 saturated heterocycles. The number of pyridine rings is 2. The van der Waals surface area contributed by atoms with Crippen LogP contribution in [0.15, 0.2) is 48.7 Å². The molecule has 6 nitrogen and oxygen atoms in total. The Hall–Kier alpha value is -2.67. The molecule has 2 aromatic heterocycles. The summed E-state index contributed by atoms with van der Waals surface area (Å²) in [5.74, 6) is -0.613. The van der Waals surface area contributed by atoms with E-state index in [4.69, 9.17) is 27.9 Å². The highest BCUT2D eigenvalue weighted by atomic mass is 35.5. The van der Waals surface area contributed by atoms with Gasteiger partial charge in [-0.25, -0.2) is 9.78 Å². The number of benzene rings is 1. The molecule has 1 N–H and O–H groups in total. The van der Waals surface area contributed by atoms with Crippen LogP contribution in [0.2, 0.25) is 10.0 Å². The Kier molecular flexibility index (Phi) is 7.26. The van der Waals surface area contributed by atoms with Gasteiger partial charge in [0.15, 0.2) is 0 Å². The second-order valence-electron chi connectivity index (χ2n) is 6.88. The van der Waals surface area contributed by atoms with Gasteiger partial charge in [-0.2, -0.15) is 0 Å². The molecule has 0 amide bonds. The lowest BCUT2D eigenvalue weighted by molar-refractivity contribution is 0.0690. The van der Waals surface area contributed by atoms with Crippen LogP contribution in [0.3, 0.4) is 0 Å². The number of carboxylic acids is 1. The predicted octanol–water partition coefficient (Wildman–Crippen LogP) is 5.15. The lowest BCUT2D eigenvalue weighted by Crippen LogP contribution is -2.15. The molecule has 3 aromatic rings. The Labute approximate surface area is 185 Å². The summed E-state index contributed by atoms with van der Waals surface area (Å²) in [7, 11) is 4.00. The van der Waals surface area contributed by atoms with Crippen LogP contribution in [0.5, 0.6) is 5.75 Å². The molecule has 0 unspecified atom stereocenters. The summed E-state index contributed by atoms with van der Waals surface area (Å²) >= 11 is 12.6. The molecule has 0 fully saturated rings. The highest BCUT2D eigenvalue weighted by Crippen LogP contribution is 2.36. The first kappa shape index (κ1) is 22.0. The van der Waals surface area contributed by atoms with Gasteiger partial charge < -0.3 is 14.7 Å². The maximum Gasteiger partial charge on any atom is 0.354 e. The minimum Gasteiger partial charge on any atom is -0.492 e. The molecule has 0 atom stereocenters. The van der Waals surface area contributed by atoms with Crippen LogP contribution in [0.4, 0.5) is 0 Å². The summed E-state index contributed by atoms with van der Waals surface area (Å²) in [4.78, 5) is 22.3. The number of nitrogens with zero attached hydrogens (tertiary/aromatic N) is 3. The summed E-state index contributed by atoms with van der Waals surface area (Å²) in [5.41, 5.74) is 2.14. The van der Waals surface area contributed by atoms with Crippen molar-refractivity contribution in [2.75, 3.05) is 27.2 Å². The van der Waals surface area contributed by atoms with E-state index in [0.717, 1.165) is 13.0 Å². The zero-order valence-corrected chi connectivity index (χ0v) is 18.1. The van der Waals surface area contributed by atoms with Gasteiger partial charge in [-0.15, -0.1) is 0 Å². The van der Waals surface area contributed by atoms with Gasteiger partial charge in [0.05, 0.1) is 28.0 Å². The first-order valence-corrected chi connectivity index (χ1v) is 10.0. The van der Waals surface area contributed by atoms with E-state index >= 15 is 0 Å². The van der Waals surface area contributed by atoms with Crippen molar-refractivity contribution >= 4 is 29.2 Å². The van der Waals surface area contributed by atoms with Crippen LogP contribution in [0.25, 0.3) is 22.5 Å². The lowest BCUT2D eigenvalue weighted by atomic mass is 10.0. The van der Waals surface area contributed by atoms with E-state index in [1.54, 1.807) is 42.6 Å². The molecule has 0 spiro atoms. The monoisotopic (exact) mass is 445 g/mol. The van der Waals surface area contributed by atoms with Gasteiger partial charge in [-0.05, 0) is 56.9 Å². The fraction of sp³-hybridized carbons (Fsp3) is 0.227. The van der Waals surface area contributed by atoms with Crippen LogP contribution >= 0.6 is 23.2 Å². The Morgan fingerprint density at radius 3 is 2.60 bits per heavy atom. The molecule has 156 valence electrons. The second-order valence-corrected chi connectivity index (χ2v) is 7.70. The Morgan fingerprint density at radius 1 is 1.10 bits per heavy atom. The highest BCUT2D eigenvalue weighted by molar-refractivity contribution is 6.33. The van der Waals surface area contributed by atoms with Gasteiger partial charge in [0.2, 0.25) is 0 Å². The Morgan fingerprint density at radius 2 is 1.90 bits per heavy atom. The Balaban J connectivity index is 2.03. The fourth-order valence-corrected chi connectivity index (χ4v) is 3.29. The van der Waals surface area contributed by atoms with Crippen molar-refractivity contribution in [1.82, 2.24) is 14.9 Å². The highest BCUT2D eigenvalue weighted by Gasteiger charge is 2.17. The first-order valence-electron chi connectivity index (χ1n) is 9.29. The number of ether oxygens (including phenoxy) is 1. The van der Waals surface area contributed by atoms with E-state index in [1.165, 1.54) is 6.07 Å². The number of carbonyl (C=O) groups is 1. The zero-order valence-electron chi connectivity index (χ0n) is 16.6. The fourth-order valence-electron chi connectivity index (χ4n) is 2.90. The first-order chi connectivity index (χ1) is 14.4. The van der Waals surface area contributed by atoms with E-state index in [9.17, 15) is 9.90 Å². The van der Waals surface area contributed by atoms with Gasteiger partial charge in [0.1, 0.15) is 11.4 Å². The minimum atomic E-state index is -1.12. The molecule has 0 saturated carbocycles. The zero-order chi connectivity index (χ0) is 21.7. The molecule has 8 heteroatoms. The maximum atomic E-state index is 11.5. The summed E-state index contributed by atoms with van der Waals surface area (Å²) < 4.78 is 5.85. The van der Waals surface area contributed by atoms with Gasteiger partial charge >= 0.3 is 5.97 Å². The molecule has 0 aliphatic carbocycles. The molecular formula is C22H21Cl2N3O3. The van der Waals surface area contributed by atoms with Crippen molar-refractivity contribution in [2.45, 2.75) is 6.42 Å². The van der Waals surface area contributed by atoms with E-state index < -0.39 is 5.97 Å². The quantitative estimate of drug-likeness (QED) is 0.483. The van der Waals surface area contributed by atoms with Crippen LogP contribution in [0.1, 0.15) is 16.9 Å². The van der Waals surface area contributed by atoms with Crippen LogP contribution in [-0.2, 0) is 0 Å². The second kappa shape index (κ2) is 9.89. The summed E-state index contributed by atoms with van der Waals surface area (Å²) in [6.45, 7) is 1.39. The minimum absolute atomic E-state index is 0.0794. The van der Waals surface area contributed by atoms with E-state index in [2.05, 4.69) is 14.9 Å². The summed E-state index contributed by atoms with van der Waals surface area (Å²) in [6, 6.07) is 11.8. The molecule has 0 bridgehead atoms. The van der Waals surface area contributed by atoms with E-state index in [-0.39, 0.29) is 5.69 Å². The third-order valence-corrected chi connectivity index (χ3v) is 4.96. The van der Waals surface area contributed by atoms with Crippen molar-refractivity contribution in [3.05, 3.63) is 64.4 Å². The number of aromatic nitrogens is 2. The van der Waals surface area contributed by atoms with Gasteiger partial charge in [-0.3, -0.25) is 4.98 Å². The number of rotatable bonds is 8. The van der Waals surface area contributed by atoms with Crippen LogP contribution < -0.4 is 4.74 Å². The SMILES string of the molecule is CN(C)CCCOc1cc(-c2nc(C(=O)O)ccc2-c2ncccc2Cl)ccc1Cl. The predicted molar refractivity (Wildman–Crippen MR) is 119 cm³/mol. The molecule has 3 rings (SSSR count). The number of hydrogen-bond donors (Lipinski definition) is 1. The molecule has 0 aliphatic heterocycles. The summed E-state index contributed by atoms with van der Waals surface area (Å²) in [6.07, 6.45) is 2.46. The van der Waals surface area contributed by atoms with E-state index in [0.29, 0.717) is 44.9 Å². The van der Waals surface area contributed by atoms with Crippen molar-refractivity contribution in [2.24, 2.45) is 0 Å². The van der Waals surface area contributed by atoms with Gasteiger partial charge in [0.25, 0.3) is 0 Å². The smallest absolute Gasteiger partial charge is 0.354 e. The maximum absolute atomic E-state index is 11.5. The summed E-state index contributed by atoms with van der Waals surface area (Å²) in [5, 5.41) is 10.3. The Bertz CT molecular complexity index is 1060. The molecule has 1 aromatic carbocycles. The van der Waals surface area contributed by atoms with Crippen molar-refractivity contribution < 1.29 is 14.6 Å². The topological polar surface area (TPSA) is 75.5 Å². The van der Waals surface area contributed by atoms with Crippen molar-refractivity contribution in [1.29, 1.82) is 0 Å². The number of halogens is 2. The number of hydrogen-bond acceptors (Lipinski definition) is 5. The van der Waals surface area contributed by atoms with Gasteiger partial charge in [-0.1, -0.05) is 29.3 Å². The standard InChI is InChI=1S/C22H21Cl2N3O3/c1-27(2)11-4-12-30-19-13-14(6-8-16(19)23)20-15(7-9-18(26-20)22(28)29)21-17(24)5-3-10-25-21/h3,5-10,13H,4,11-12H2,1-2H3,(H,28,29). The van der Waals surface area contributed by atoms with Crippen molar-refractivity contribution in [3.8, 4) is 28.3 Å². The van der Waals surface area contributed by atoms with Crippen LogP contribution in [0, 0.1) is 0 Å². The third kappa shape index (κ3) is 5.27. The number of carboxylic acid groups (broad SMARTS) is 1. The van der Waals surface area contributed by atoms with Crippen LogP contribution in [-0.4, -0.2) is 53.2 Å². The largest absolute Gasteiger partial charge is 0.492 e. The normalized spacial score (nSPS) is 11.0. The molecule has 2 heterocycles. The molecule has 30 heavy (non-hydrogen) atoms. The average molecular weight is 446 g/mol.